The molecule has 0 aromatic rings. The summed E-state index contributed by atoms with van der Waals surface area (Å²) in [4.78, 5) is 36.5. The molecule has 2 atom stereocenters. The maximum Gasteiger partial charge on any atom is 0.306 e. The van der Waals surface area contributed by atoms with Crippen molar-refractivity contribution in [2.75, 3.05) is 41.0 Å². The molecule has 0 N–H and O–H groups in total. The van der Waals surface area contributed by atoms with Gasteiger partial charge in [0.1, 0.15) is 12.6 Å². The van der Waals surface area contributed by atoms with Crippen molar-refractivity contribution in [2.24, 2.45) is 0 Å². The molecule has 0 radical (unpaired) electrons. The smallest absolute Gasteiger partial charge is 0.306 e. The van der Waals surface area contributed by atoms with Crippen molar-refractivity contribution in [3.05, 3.63) is 48.6 Å². The van der Waals surface area contributed by atoms with Gasteiger partial charge >= 0.3 is 11.9 Å². The Kier molecular flexibility index (Phi) is 28.8. The van der Waals surface area contributed by atoms with Gasteiger partial charge in [0.25, 0.3) is 0 Å². The molecular formula is C39H67NO7. The molecule has 0 aliphatic carbocycles. The van der Waals surface area contributed by atoms with Gasteiger partial charge in [0, 0.05) is 19.3 Å². The normalized spacial score (nSPS) is 13.6. The monoisotopic (exact) mass is 661 g/mol. The van der Waals surface area contributed by atoms with Gasteiger partial charge in [0.2, 0.25) is 0 Å². The standard InChI is InChI=1S/C39H67NO7/c1-6-8-10-12-14-16-18-20-22-24-26-28-30-38(42)47-35(33-45-32-31-36(39(43)44)40(3,4)5)34-46-37(41)29-27-25-23-21-19-17-15-13-11-9-7-2/h8,10,13-16,20,22,35-36H,6-7,9,11-12,17-19,21,23-34H2,1-5H3/b10-8+,15-13+,16-14+,22-20+. The number of nitrogens with zero attached hydrogens (tertiary/aromatic N) is 1. The molecule has 8 nitrogen and oxygen atoms in total. The summed E-state index contributed by atoms with van der Waals surface area (Å²) < 4.78 is 17.0. The lowest BCUT2D eigenvalue weighted by Gasteiger charge is -2.34. The number of ether oxygens (including phenoxy) is 3. The molecule has 0 fully saturated rings. The third-order valence-electron chi connectivity index (χ3n) is 7.70. The second-order valence-electron chi connectivity index (χ2n) is 13.1. The number of carboxylic acids is 1. The van der Waals surface area contributed by atoms with E-state index in [1.807, 2.05) is 0 Å². The van der Waals surface area contributed by atoms with Gasteiger partial charge in [-0.25, -0.2) is 0 Å². The molecule has 0 heterocycles. The van der Waals surface area contributed by atoms with E-state index in [-0.39, 0.29) is 49.1 Å². The molecule has 270 valence electrons. The molecule has 2 unspecified atom stereocenters. The number of aliphatic carboxylic acids is 1. The quantitative estimate of drug-likeness (QED) is 0.0327. The van der Waals surface area contributed by atoms with Crippen molar-refractivity contribution in [1.82, 2.24) is 0 Å². The number of likely N-dealkylation sites (N-methyl/N-ethyl adjacent to an activating group) is 1. The maximum absolute atomic E-state index is 12.6. The van der Waals surface area contributed by atoms with E-state index in [0.29, 0.717) is 12.8 Å². The molecule has 0 saturated heterocycles. The van der Waals surface area contributed by atoms with Crippen molar-refractivity contribution in [3.8, 4) is 0 Å². The first kappa shape index (κ1) is 44.3. The summed E-state index contributed by atoms with van der Waals surface area (Å²) in [5.41, 5.74) is 0. The minimum Gasteiger partial charge on any atom is -0.544 e. The summed E-state index contributed by atoms with van der Waals surface area (Å²) in [7, 11) is 5.37. The number of allylic oxidation sites excluding steroid dienone is 8. The Morgan fingerprint density at radius 1 is 0.660 bits per heavy atom. The number of esters is 2. The topological polar surface area (TPSA) is 102 Å². The van der Waals surface area contributed by atoms with Crippen LogP contribution in [-0.4, -0.2) is 75.5 Å². The highest BCUT2D eigenvalue weighted by Gasteiger charge is 2.25. The van der Waals surface area contributed by atoms with E-state index in [1.54, 1.807) is 21.1 Å². The van der Waals surface area contributed by atoms with Crippen LogP contribution in [0.5, 0.6) is 0 Å². The van der Waals surface area contributed by atoms with Crippen LogP contribution in [0.25, 0.3) is 0 Å². The maximum atomic E-state index is 12.6. The average Bonchev–Trinajstić information content (AvgIpc) is 3.01. The number of quaternary nitrogens is 1. The van der Waals surface area contributed by atoms with Gasteiger partial charge in [0.15, 0.2) is 6.10 Å². The highest BCUT2D eigenvalue weighted by Crippen LogP contribution is 2.11. The summed E-state index contributed by atoms with van der Waals surface area (Å²) in [5.74, 6) is -1.81. The van der Waals surface area contributed by atoms with Gasteiger partial charge in [0.05, 0.1) is 40.3 Å². The average molecular weight is 662 g/mol. The lowest BCUT2D eigenvalue weighted by molar-refractivity contribution is -0.889. The molecule has 47 heavy (non-hydrogen) atoms. The summed E-state index contributed by atoms with van der Waals surface area (Å²) in [6.07, 6.45) is 32.9. The van der Waals surface area contributed by atoms with Gasteiger partial charge in [-0.05, 0) is 64.2 Å². The van der Waals surface area contributed by atoms with Crippen LogP contribution in [0.2, 0.25) is 0 Å². The fraction of sp³-hybridized carbons (Fsp3) is 0.718. The van der Waals surface area contributed by atoms with Gasteiger partial charge in [-0.15, -0.1) is 0 Å². The van der Waals surface area contributed by atoms with E-state index >= 15 is 0 Å². The fourth-order valence-corrected chi connectivity index (χ4v) is 4.83. The van der Waals surface area contributed by atoms with Crippen LogP contribution >= 0.6 is 0 Å². The SMILES string of the molecule is CC/C=C/C/C=C/C/C=C/CCCCC(=O)OC(COCCC(C(=O)[O-])[N+](C)(C)C)COC(=O)CCCCCCC/C=C/CCCC. The number of carboxylic acid groups (broad SMARTS) is 1. The Morgan fingerprint density at radius 3 is 1.83 bits per heavy atom. The molecule has 0 bridgehead atoms. The summed E-state index contributed by atoms with van der Waals surface area (Å²) >= 11 is 0. The molecule has 0 saturated carbocycles. The van der Waals surface area contributed by atoms with Crippen LogP contribution < -0.4 is 5.11 Å². The highest BCUT2D eigenvalue weighted by molar-refractivity contribution is 5.70. The van der Waals surface area contributed by atoms with Gasteiger partial charge in [-0.1, -0.05) is 94.6 Å². The molecule has 8 heteroatoms. The Morgan fingerprint density at radius 2 is 1.19 bits per heavy atom. The predicted octanol–water partition coefficient (Wildman–Crippen LogP) is 7.57. The number of carbonyl (C=O) groups is 3. The van der Waals surface area contributed by atoms with Crippen LogP contribution in [0, 0.1) is 0 Å². The molecule has 0 aliphatic heterocycles. The third kappa shape index (κ3) is 29.2. The predicted molar refractivity (Wildman–Crippen MR) is 189 cm³/mol. The van der Waals surface area contributed by atoms with Crippen molar-refractivity contribution in [3.63, 3.8) is 0 Å². The van der Waals surface area contributed by atoms with Crippen LogP contribution in [0.4, 0.5) is 0 Å². The van der Waals surface area contributed by atoms with E-state index in [9.17, 15) is 19.5 Å². The highest BCUT2D eigenvalue weighted by atomic mass is 16.6. The van der Waals surface area contributed by atoms with Crippen molar-refractivity contribution >= 4 is 17.9 Å². The van der Waals surface area contributed by atoms with Crippen LogP contribution in [0.1, 0.15) is 129 Å². The molecule has 0 aromatic heterocycles. The summed E-state index contributed by atoms with van der Waals surface area (Å²) in [6.45, 7) is 4.42. The van der Waals surface area contributed by atoms with Crippen molar-refractivity contribution in [1.29, 1.82) is 0 Å². The van der Waals surface area contributed by atoms with E-state index in [0.717, 1.165) is 64.2 Å². The largest absolute Gasteiger partial charge is 0.544 e. The zero-order valence-corrected chi connectivity index (χ0v) is 30.4. The first-order valence-corrected chi connectivity index (χ1v) is 18.2. The molecule has 0 aromatic carbocycles. The first-order valence-electron chi connectivity index (χ1n) is 18.2. The molecule has 0 aliphatic rings. The molecule has 0 spiro atoms. The third-order valence-corrected chi connectivity index (χ3v) is 7.70. The summed E-state index contributed by atoms with van der Waals surface area (Å²) in [6, 6.07) is -0.732. The number of unbranched alkanes of at least 4 members (excludes halogenated alkanes) is 9. The Bertz CT molecular complexity index is 917. The van der Waals surface area contributed by atoms with E-state index in [4.69, 9.17) is 14.2 Å². The van der Waals surface area contributed by atoms with Crippen LogP contribution in [-0.2, 0) is 28.6 Å². The van der Waals surface area contributed by atoms with Crippen molar-refractivity contribution < 1.29 is 38.2 Å². The van der Waals surface area contributed by atoms with Crippen LogP contribution in [0.3, 0.4) is 0 Å². The van der Waals surface area contributed by atoms with Crippen molar-refractivity contribution in [2.45, 2.75) is 142 Å². The van der Waals surface area contributed by atoms with Crippen LogP contribution in [0.15, 0.2) is 48.6 Å². The Labute approximate surface area is 286 Å². The molecular weight excluding hydrogens is 594 g/mol. The van der Waals surface area contributed by atoms with Gasteiger partial charge in [-0.2, -0.15) is 0 Å². The Balaban J connectivity index is 4.54. The van der Waals surface area contributed by atoms with Gasteiger partial charge < -0.3 is 28.6 Å². The number of hydrogen-bond acceptors (Lipinski definition) is 7. The van der Waals surface area contributed by atoms with Gasteiger partial charge in [-0.3, -0.25) is 9.59 Å². The number of rotatable bonds is 31. The zero-order chi connectivity index (χ0) is 35.0. The Hall–Kier alpha value is -2.71. The zero-order valence-electron chi connectivity index (χ0n) is 30.4. The van der Waals surface area contributed by atoms with E-state index in [1.165, 1.54) is 25.7 Å². The van der Waals surface area contributed by atoms with E-state index in [2.05, 4.69) is 62.5 Å². The minimum atomic E-state index is -1.14. The first-order chi connectivity index (χ1) is 22.6. The minimum absolute atomic E-state index is 0.0211. The number of hydrogen-bond donors (Lipinski definition) is 0. The number of carbonyl (C=O) groups excluding carboxylic acids is 3. The molecule has 0 amide bonds. The molecule has 0 rings (SSSR count). The second-order valence-corrected chi connectivity index (χ2v) is 13.1. The lowest BCUT2D eigenvalue weighted by Crippen LogP contribution is -2.55. The fourth-order valence-electron chi connectivity index (χ4n) is 4.83. The summed E-state index contributed by atoms with van der Waals surface area (Å²) in [5, 5.41) is 11.6. The second kappa shape index (κ2) is 30.6. The van der Waals surface area contributed by atoms with E-state index < -0.39 is 18.1 Å². The lowest BCUT2D eigenvalue weighted by atomic mass is 10.1.